The van der Waals surface area contributed by atoms with E-state index >= 15 is 0 Å². The van der Waals surface area contributed by atoms with Crippen molar-refractivity contribution in [3.63, 3.8) is 0 Å². The summed E-state index contributed by atoms with van der Waals surface area (Å²) in [6.45, 7) is 0. The van der Waals surface area contributed by atoms with E-state index in [-0.39, 0.29) is 5.91 Å². The Morgan fingerprint density at radius 3 is 2.33 bits per heavy atom. The quantitative estimate of drug-likeness (QED) is 0.460. The molecule has 0 aliphatic rings. The fraction of sp³-hybridized carbons (Fsp3) is 0. The van der Waals surface area contributed by atoms with E-state index in [0.717, 1.165) is 20.1 Å². The Labute approximate surface area is 155 Å². The minimum atomic E-state index is -0.348. The Morgan fingerprint density at radius 1 is 1.04 bits per heavy atom. The molecule has 3 rings (SSSR count). The molecule has 1 heterocycles. The molecule has 2 N–H and O–H groups in total. The monoisotopic (exact) mass is 446 g/mol. The van der Waals surface area contributed by atoms with Crippen molar-refractivity contribution in [2.24, 2.45) is 5.10 Å². The van der Waals surface area contributed by atoms with Gasteiger partial charge in [-0.05, 0) is 35.9 Å². The summed E-state index contributed by atoms with van der Waals surface area (Å²) in [4.78, 5) is 12.1. The highest BCUT2D eigenvalue weighted by Gasteiger charge is 2.10. The van der Waals surface area contributed by atoms with Gasteiger partial charge in [0.1, 0.15) is 5.69 Å². The maximum Gasteiger partial charge on any atom is 0.289 e. The average Bonchev–Trinajstić information content (AvgIpc) is 3.07. The lowest BCUT2D eigenvalue weighted by atomic mass is 10.1. The lowest BCUT2D eigenvalue weighted by Crippen LogP contribution is -2.17. The van der Waals surface area contributed by atoms with Crippen LogP contribution in [0.2, 0.25) is 0 Å². The summed E-state index contributed by atoms with van der Waals surface area (Å²) in [5, 5.41) is 10.8. The maximum atomic E-state index is 12.1. The minimum Gasteiger partial charge on any atom is -0.272 e. The number of carbonyl (C=O) groups excluding carboxylic acids is 1. The van der Waals surface area contributed by atoms with Crippen molar-refractivity contribution in [3.8, 4) is 11.3 Å². The van der Waals surface area contributed by atoms with Gasteiger partial charge in [-0.1, -0.05) is 56.1 Å². The molecule has 0 aliphatic heterocycles. The van der Waals surface area contributed by atoms with Crippen LogP contribution in [0, 0.1) is 0 Å². The van der Waals surface area contributed by atoms with Gasteiger partial charge in [0.2, 0.25) is 0 Å². The van der Waals surface area contributed by atoms with Gasteiger partial charge in [-0.15, -0.1) is 0 Å². The van der Waals surface area contributed by atoms with Gasteiger partial charge >= 0.3 is 0 Å². The second-order valence-electron chi connectivity index (χ2n) is 4.92. The van der Waals surface area contributed by atoms with Crippen molar-refractivity contribution in [1.82, 2.24) is 15.6 Å². The van der Waals surface area contributed by atoms with Gasteiger partial charge < -0.3 is 0 Å². The SMILES string of the molecule is O=C(NN=Cc1ccc(Br)cc1)c1cc(-c2ccc(Br)cc2)n[nH]1. The number of nitrogens with one attached hydrogen (secondary N) is 2. The van der Waals surface area contributed by atoms with Crippen molar-refractivity contribution < 1.29 is 4.79 Å². The third-order valence-corrected chi connectivity index (χ3v) is 4.27. The van der Waals surface area contributed by atoms with Crippen LogP contribution in [0.5, 0.6) is 0 Å². The number of halogens is 2. The summed E-state index contributed by atoms with van der Waals surface area (Å²) in [5.74, 6) is -0.348. The topological polar surface area (TPSA) is 70.1 Å². The van der Waals surface area contributed by atoms with Gasteiger partial charge in [-0.2, -0.15) is 10.2 Å². The van der Waals surface area contributed by atoms with Crippen molar-refractivity contribution in [2.75, 3.05) is 0 Å². The molecule has 1 aromatic heterocycles. The molecule has 2 aromatic carbocycles. The zero-order valence-electron chi connectivity index (χ0n) is 12.3. The van der Waals surface area contributed by atoms with Gasteiger partial charge in [0, 0.05) is 14.5 Å². The van der Waals surface area contributed by atoms with Crippen molar-refractivity contribution in [2.45, 2.75) is 0 Å². The van der Waals surface area contributed by atoms with Crippen LogP contribution in [0.15, 0.2) is 68.6 Å². The van der Waals surface area contributed by atoms with Crippen LogP contribution in [-0.2, 0) is 0 Å². The van der Waals surface area contributed by atoms with E-state index in [4.69, 9.17) is 0 Å². The molecular weight excluding hydrogens is 436 g/mol. The number of H-pyrrole nitrogens is 1. The number of nitrogens with zero attached hydrogens (tertiary/aromatic N) is 2. The molecule has 5 nitrogen and oxygen atoms in total. The highest BCUT2D eigenvalue weighted by Crippen LogP contribution is 2.20. The molecule has 0 unspecified atom stereocenters. The second kappa shape index (κ2) is 7.55. The molecule has 0 saturated carbocycles. The minimum absolute atomic E-state index is 0.348. The van der Waals surface area contributed by atoms with Gasteiger partial charge in [0.25, 0.3) is 5.91 Å². The second-order valence-corrected chi connectivity index (χ2v) is 6.76. The predicted octanol–water partition coefficient (Wildman–Crippen LogP) is 4.37. The zero-order valence-corrected chi connectivity index (χ0v) is 15.5. The zero-order chi connectivity index (χ0) is 16.9. The van der Waals surface area contributed by atoms with E-state index in [9.17, 15) is 4.79 Å². The number of rotatable bonds is 4. The molecule has 3 aromatic rings. The molecule has 1 amide bonds. The first-order valence-corrected chi connectivity index (χ1v) is 8.61. The molecular formula is C17H12Br2N4O. The van der Waals surface area contributed by atoms with Crippen molar-refractivity contribution >= 4 is 44.0 Å². The smallest absolute Gasteiger partial charge is 0.272 e. The van der Waals surface area contributed by atoms with E-state index in [1.165, 1.54) is 0 Å². The van der Waals surface area contributed by atoms with Crippen molar-refractivity contribution in [1.29, 1.82) is 0 Å². The lowest BCUT2D eigenvalue weighted by molar-refractivity contribution is 0.0950. The van der Waals surface area contributed by atoms with Gasteiger partial charge in [0.15, 0.2) is 0 Å². The van der Waals surface area contributed by atoms with Crippen LogP contribution in [0.3, 0.4) is 0 Å². The van der Waals surface area contributed by atoms with Crippen LogP contribution in [0.1, 0.15) is 16.1 Å². The number of amides is 1. The van der Waals surface area contributed by atoms with Gasteiger partial charge in [-0.3, -0.25) is 9.89 Å². The van der Waals surface area contributed by atoms with Crippen LogP contribution in [0.4, 0.5) is 0 Å². The summed E-state index contributed by atoms with van der Waals surface area (Å²) < 4.78 is 1.98. The third-order valence-electron chi connectivity index (χ3n) is 3.21. The molecule has 0 aliphatic carbocycles. The normalized spacial score (nSPS) is 10.9. The molecule has 0 radical (unpaired) electrons. The van der Waals surface area contributed by atoms with Gasteiger partial charge in [-0.25, -0.2) is 5.43 Å². The first kappa shape index (κ1) is 16.6. The summed E-state index contributed by atoms with van der Waals surface area (Å²) in [6, 6.07) is 17.0. The molecule has 24 heavy (non-hydrogen) atoms. The number of aromatic amines is 1. The van der Waals surface area contributed by atoms with Gasteiger partial charge in [0.05, 0.1) is 11.9 Å². The standard InChI is InChI=1S/C17H12Br2N4O/c18-13-5-1-11(2-6-13)10-20-23-17(24)16-9-15(21-22-16)12-3-7-14(19)8-4-12/h1-10H,(H,21,22)(H,23,24). The Balaban J connectivity index is 1.65. The number of hydrazone groups is 1. The maximum absolute atomic E-state index is 12.1. The molecule has 120 valence electrons. The van der Waals surface area contributed by atoms with Crippen molar-refractivity contribution in [3.05, 3.63) is 74.8 Å². The third kappa shape index (κ3) is 4.18. The van der Waals surface area contributed by atoms with Crippen LogP contribution in [0.25, 0.3) is 11.3 Å². The highest BCUT2D eigenvalue weighted by molar-refractivity contribution is 9.10. The van der Waals surface area contributed by atoms with E-state index in [1.54, 1.807) is 12.3 Å². The first-order chi connectivity index (χ1) is 11.6. The molecule has 0 bridgehead atoms. The molecule has 7 heteroatoms. The summed E-state index contributed by atoms with van der Waals surface area (Å²) in [7, 11) is 0. The highest BCUT2D eigenvalue weighted by atomic mass is 79.9. The fourth-order valence-corrected chi connectivity index (χ4v) is 2.51. The number of hydrogen-bond acceptors (Lipinski definition) is 3. The Bertz CT molecular complexity index is 870. The fourth-order valence-electron chi connectivity index (χ4n) is 1.98. The summed E-state index contributed by atoms with van der Waals surface area (Å²) >= 11 is 6.75. The molecule has 0 spiro atoms. The summed E-state index contributed by atoms with van der Waals surface area (Å²) in [5.41, 5.74) is 5.33. The molecule has 0 saturated heterocycles. The lowest BCUT2D eigenvalue weighted by Gasteiger charge is -1.96. The average molecular weight is 448 g/mol. The number of benzene rings is 2. The Kier molecular flexibility index (Phi) is 5.22. The van der Waals surface area contributed by atoms with Crippen LogP contribution in [-0.4, -0.2) is 22.3 Å². The predicted molar refractivity (Wildman–Crippen MR) is 101 cm³/mol. The Hall–Kier alpha value is -2.25. The van der Waals surface area contributed by atoms with E-state index < -0.39 is 0 Å². The van der Waals surface area contributed by atoms with Crippen LogP contribution < -0.4 is 5.43 Å². The first-order valence-electron chi connectivity index (χ1n) is 7.02. The molecule has 0 atom stereocenters. The molecule has 0 fully saturated rings. The number of aromatic nitrogens is 2. The number of carbonyl (C=O) groups is 1. The Morgan fingerprint density at radius 2 is 1.67 bits per heavy atom. The van der Waals surface area contributed by atoms with E-state index in [2.05, 4.69) is 52.6 Å². The van der Waals surface area contributed by atoms with E-state index in [1.807, 2.05) is 48.5 Å². The van der Waals surface area contributed by atoms with Crippen LogP contribution >= 0.6 is 31.9 Å². The largest absolute Gasteiger partial charge is 0.289 e. The summed E-state index contributed by atoms with van der Waals surface area (Å²) in [6.07, 6.45) is 1.58. The van der Waals surface area contributed by atoms with E-state index in [0.29, 0.717) is 11.4 Å². The number of hydrogen-bond donors (Lipinski definition) is 2.